The molecule has 0 saturated heterocycles. The van der Waals surface area contributed by atoms with E-state index >= 15 is 0 Å². The van der Waals surface area contributed by atoms with Crippen molar-refractivity contribution in [3.8, 4) is 0 Å². The van der Waals surface area contributed by atoms with Crippen molar-refractivity contribution in [2.24, 2.45) is 10.7 Å². The van der Waals surface area contributed by atoms with E-state index in [-0.39, 0.29) is 0 Å². The fourth-order valence-corrected chi connectivity index (χ4v) is 2.18. The van der Waals surface area contributed by atoms with Gasteiger partial charge in [-0.2, -0.15) is 0 Å². The minimum absolute atomic E-state index is 0.705. The van der Waals surface area contributed by atoms with Gasteiger partial charge in [-0.25, -0.2) is 0 Å². The lowest BCUT2D eigenvalue weighted by molar-refractivity contribution is 0.320. The van der Waals surface area contributed by atoms with Gasteiger partial charge in [0.05, 0.1) is 0 Å². The fraction of sp³-hybridized carbons (Fsp3) is 0.938. The first-order valence-corrected chi connectivity index (χ1v) is 8.32. The van der Waals surface area contributed by atoms with Gasteiger partial charge in [0.1, 0.15) is 0 Å². The molecule has 0 aliphatic carbocycles. The minimum Gasteiger partial charge on any atom is -0.370 e. The molecule has 6 nitrogen and oxygen atoms in total. The van der Waals surface area contributed by atoms with E-state index in [0.717, 1.165) is 58.5 Å². The highest BCUT2D eigenvalue weighted by Gasteiger charge is 2.08. The molecule has 0 radical (unpaired) electrons. The van der Waals surface area contributed by atoms with E-state index in [0.29, 0.717) is 5.96 Å². The van der Waals surface area contributed by atoms with Crippen LogP contribution in [0.5, 0.6) is 0 Å². The number of guanidine groups is 1. The van der Waals surface area contributed by atoms with E-state index in [1.807, 2.05) is 0 Å². The lowest BCUT2D eigenvalue weighted by Gasteiger charge is -2.25. The summed E-state index contributed by atoms with van der Waals surface area (Å²) in [5, 5.41) is 0. The summed E-state index contributed by atoms with van der Waals surface area (Å²) in [6, 6.07) is 0. The fourth-order valence-electron chi connectivity index (χ4n) is 2.18. The molecule has 0 heterocycles. The van der Waals surface area contributed by atoms with Crippen LogP contribution in [0.25, 0.3) is 0 Å². The number of rotatable bonds is 12. The van der Waals surface area contributed by atoms with E-state index in [4.69, 9.17) is 5.73 Å². The Morgan fingerprint density at radius 3 is 1.50 bits per heavy atom. The van der Waals surface area contributed by atoms with Gasteiger partial charge in [0, 0.05) is 19.6 Å². The largest absolute Gasteiger partial charge is 0.370 e. The highest BCUT2D eigenvalue weighted by atomic mass is 15.3. The van der Waals surface area contributed by atoms with E-state index in [1.54, 1.807) is 0 Å². The van der Waals surface area contributed by atoms with Crippen LogP contribution in [0.1, 0.15) is 19.3 Å². The zero-order valence-corrected chi connectivity index (χ0v) is 15.7. The van der Waals surface area contributed by atoms with Crippen LogP contribution < -0.4 is 5.73 Å². The van der Waals surface area contributed by atoms with Gasteiger partial charge >= 0.3 is 0 Å². The lowest BCUT2D eigenvalue weighted by atomic mass is 10.3. The minimum atomic E-state index is 0.705. The standard InChI is InChI=1S/C16H38N6/c1-19(2)11-7-10-18-16(17)22(14-8-12-20(3)4)15-9-13-21(5)6/h7-15H2,1-6H3,(H2,17,18). The summed E-state index contributed by atoms with van der Waals surface area (Å²) in [5.41, 5.74) is 6.20. The Bertz CT molecular complexity index is 274. The SMILES string of the molecule is CN(C)CCCN=C(N)N(CCCN(C)C)CCCN(C)C. The zero-order valence-electron chi connectivity index (χ0n) is 15.7. The Morgan fingerprint density at radius 1 is 0.682 bits per heavy atom. The summed E-state index contributed by atoms with van der Waals surface area (Å²) in [5.74, 6) is 0.705. The molecule has 0 unspecified atom stereocenters. The summed E-state index contributed by atoms with van der Waals surface area (Å²) in [6.45, 7) is 5.99. The number of nitrogens with two attached hydrogens (primary N) is 1. The van der Waals surface area contributed by atoms with E-state index in [1.165, 1.54) is 0 Å². The molecule has 0 aromatic carbocycles. The maximum Gasteiger partial charge on any atom is 0.191 e. The molecule has 0 fully saturated rings. The molecule has 0 aromatic rings. The van der Waals surface area contributed by atoms with E-state index in [2.05, 4.69) is 66.9 Å². The second-order valence-corrected chi connectivity index (χ2v) is 6.70. The Kier molecular flexibility index (Phi) is 12.2. The molecule has 0 atom stereocenters. The lowest BCUT2D eigenvalue weighted by Crippen LogP contribution is -2.40. The summed E-state index contributed by atoms with van der Waals surface area (Å²) in [4.78, 5) is 13.4. The van der Waals surface area contributed by atoms with Crippen LogP contribution >= 0.6 is 0 Å². The van der Waals surface area contributed by atoms with E-state index in [9.17, 15) is 0 Å². The highest BCUT2D eigenvalue weighted by molar-refractivity contribution is 5.78. The van der Waals surface area contributed by atoms with Gasteiger partial charge < -0.3 is 25.3 Å². The molecule has 132 valence electrons. The first-order valence-electron chi connectivity index (χ1n) is 8.32. The van der Waals surface area contributed by atoms with Crippen LogP contribution in [0, 0.1) is 0 Å². The van der Waals surface area contributed by atoms with Crippen molar-refractivity contribution < 1.29 is 0 Å². The topological polar surface area (TPSA) is 51.3 Å². The monoisotopic (exact) mass is 314 g/mol. The third-order valence-electron chi connectivity index (χ3n) is 3.43. The molecule has 0 amide bonds. The Labute approximate surface area is 137 Å². The third kappa shape index (κ3) is 12.9. The van der Waals surface area contributed by atoms with Crippen LogP contribution in [0.3, 0.4) is 0 Å². The maximum absolute atomic E-state index is 6.20. The van der Waals surface area contributed by atoms with Gasteiger partial charge in [-0.3, -0.25) is 4.99 Å². The van der Waals surface area contributed by atoms with E-state index < -0.39 is 0 Å². The zero-order chi connectivity index (χ0) is 17.0. The van der Waals surface area contributed by atoms with Gasteiger partial charge in [0.25, 0.3) is 0 Å². The quantitative estimate of drug-likeness (QED) is 0.322. The highest BCUT2D eigenvalue weighted by Crippen LogP contribution is 1.98. The molecule has 0 bridgehead atoms. The third-order valence-corrected chi connectivity index (χ3v) is 3.43. The first-order chi connectivity index (χ1) is 10.3. The molecule has 0 aromatic heterocycles. The first kappa shape index (κ1) is 21.1. The van der Waals surface area contributed by atoms with Crippen molar-refractivity contribution in [2.75, 3.05) is 81.6 Å². The predicted molar refractivity (Wildman–Crippen MR) is 97.6 cm³/mol. The van der Waals surface area contributed by atoms with Gasteiger partial charge in [0.2, 0.25) is 0 Å². The molecular weight excluding hydrogens is 276 g/mol. The van der Waals surface area contributed by atoms with Crippen molar-refractivity contribution in [3.05, 3.63) is 0 Å². The number of hydrogen-bond donors (Lipinski definition) is 1. The second-order valence-electron chi connectivity index (χ2n) is 6.70. The van der Waals surface area contributed by atoms with Crippen molar-refractivity contribution in [2.45, 2.75) is 19.3 Å². The normalized spacial score (nSPS) is 12.7. The predicted octanol–water partition coefficient (Wildman–Crippen LogP) is 0.458. The molecule has 0 spiro atoms. The molecule has 2 N–H and O–H groups in total. The smallest absolute Gasteiger partial charge is 0.191 e. The van der Waals surface area contributed by atoms with Crippen LogP contribution in [-0.4, -0.2) is 107 Å². The molecule has 0 saturated carbocycles. The van der Waals surface area contributed by atoms with Crippen LogP contribution in [0.15, 0.2) is 4.99 Å². The molecule has 6 heteroatoms. The number of hydrogen-bond acceptors (Lipinski definition) is 4. The Hall–Kier alpha value is -0.850. The molecular formula is C16H38N6. The number of nitrogens with zero attached hydrogens (tertiary/aromatic N) is 5. The number of aliphatic imine (C=N–C) groups is 1. The van der Waals surface area contributed by atoms with Crippen molar-refractivity contribution in [3.63, 3.8) is 0 Å². The summed E-state index contributed by atoms with van der Waals surface area (Å²) in [7, 11) is 12.6. The average Bonchev–Trinajstić information content (AvgIpc) is 2.40. The van der Waals surface area contributed by atoms with Crippen LogP contribution in [-0.2, 0) is 0 Å². The summed E-state index contributed by atoms with van der Waals surface area (Å²) >= 11 is 0. The molecule has 22 heavy (non-hydrogen) atoms. The van der Waals surface area contributed by atoms with Crippen molar-refractivity contribution in [1.82, 2.24) is 19.6 Å². The Balaban J connectivity index is 4.29. The Morgan fingerprint density at radius 2 is 1.09 bits per heavy atom. The van der Waals surface area contributed by atoms with Gasteiger partial charge in [-0.1, -0.05) is 0 Å². The maximum atomic E-state index is 6.20. The summed E-state index contributed by atoms with van der Waals surface area (Å²) < 4.78 is 0. The van der Waals surface area contributed by atoms with Crippen molar-refractivity contribution >= 4 is 5.96 Å². The van der Waals surface area contributed by atoms with Gasteiger partial charge in [-0.05, 0) is 81.2 Å². The molecule has 0 rings (SSSR count). The second kappa shape index (κ2) is 12.7. The average molecular weight is 315 g/mol. The molecule has 0 aliphatic rings. The van der Waals surface area contributed by atoms with Gasteiger partial charge in [0.15, 0.2) is 5.96 Å². The van der Waals surface area contributed by atoms with Crippen LogP contribution in [0.4, 0.5) is 0 Å². The van der Waals surface area contributed by atoms with Crippen LogP contribution in [0.2, 0.25) is 0 Å². The summed E-state index contributed by atoms with van der Waals surface area (Å²) in [6.07, 6.45) is 3.28. The molecule has 0 aliphatic heterocycles. The van der Waals surface area contributed by atoms with Gasteiger partial charge in [-0.15, -0.1) is 0 Å². The van der Waals surface area contributed by atoms with Crippen molar-refractivity contribution in [1.29, 1.82) is 0 Å².